The lowest BCUT2D eigenvalue weighted by molar-refractivity contribution is 0.482. The van der Waals surface area contributed by atoms with E-state index < -0.39 is 11.6 Å². The van der Waals surface area contributed by atoms with Crippen molar-refractivity contribution in [2.45, 2.75) is 26.8 Å². The van der Waals surface area contributed by atoms with Crippen molar-refractivity contribution < 1.29 is 8.78 Å². The van der Waals surface area contributed by atoms with E-state index in [1.54, 1.807) is 12.1 Å². The molecule has 0 bridgehead atoms. The highest BCUT2D eigenvalue weighted by atomic mass is 19.2. The Bertz CT molecular complexity index is 608. The summed E-state index contributed by atoms with van der Waals surface area (Å²) in [5, 5.41) is 3.24. The number of rotatable bonds is 4. The van der Waals surface area contributed by atoms with Gasteiger partial charge in [-0.25, -0.2) is 8.78 Å². The molecule has 2 rings (SSSR count). The predicted molar refractivity (Wildman–Crippen MR) is 77.8 cm³/mol. The van der Waals surface area contributed by atoms with E-state index in [1.807, 2.05) is 32.9 Å². The minimum absolute atomic E-state index is 0.337. The molecule has 1 N–H and O–H groups in total. The first-order chi connectivity index (χ1) is 9.54. The number of hydrogen-bond acceptors (Lipinski definition) is 1. The summed E-state index contributed by atoms with van der Waals surface area (Å²) < 4.78 is 27.5. The minimum Gasteiger partial charge on any atom is -0.306 e. The van der Waals surface area contributed by atoms with E-state index in [1.165, 1.54) is 0 Å². The Kier molecular flexibility index (Phi) is 4.50. The van der Waals surface area contributed by atoms with Crippen LogP contribution in [0.1, 0.15) is 35.2 Å². The lowest BCUT2D eigenvalue weighted by Gasteiger charge is -2.22. The van der Waals surface area contributed by atoms with E-state index in [0.717, 1.165) is 22.8 Å². The molecular weight excluding hydrogens is 256 g/mol. The minimum atomic E-state index is -0.810. The third kappa shape index (κ3) is 2.88. The van der Waals surface area contributed by atoms with Crippen LogP contribution >= 0.6 is 0 Å². The van der Waals surface area contributed by atoms with Gasteiger partial charge in [0.2, 0.25) is 0 Å². The third-order valence-corrected chi connectivity index (χ3v) is 3.44. The summed E-state index contributed by atoms with van der Waals surface area (Å²) in [4.78, 5) is 0. The van der Waals surface area contributed by atoms with Crippen LogP contribution in [0.5, 0.6) is 0 Å². The highest BCUT2D eigenvalue weighted by molar-refractivity contribution is 5.39. The molecule has 0 aliphatic carbocycles. The van der Waals surface area contributed by atoms with Gasteiger partial charge in [-0.05, 0) is 37.6 Å². The lowest BCUT2D eigenvalue weighted by Crippen LogP contribution is -2.24. The summed E-state index contributed by atoms with van der Waals surface area (Å²) in [5.74, 6) is -1.59. The van der Waals surface area contributed by atoms with Crippen LogP contribution in [0, 0.1) is 25.5 Å². The van der Waals surface area contributed by atoms with Crippen LogP contribution in [0.3, 0.4) is 0 Å². The van der Waals surface area contributed by atoms with Crippen LogP contribution in [-0.4, -0.2) is 6.54 Å². The first kappa shape index (κ1) is 14.7. The molecule has 0 heterocycles. The van der Waals surface area contributed by atoms with E-state index in [-0.39, 0.29) is 6.04 Å². The van der Waals surface area contributed by atoms with Crippen molar-refractivity contribution in [2.24, 2.45) is 0 Å². The van der Waals surface area contributed by atoms with Crippen LogP contribution in [-0.2, 0) is 0 Å². The molecule has 1 atom stereocenters. The Morgan fingerprint density at radius 2 is 1.80 bits per heavy atom. The molecule has 0 amide bonds. The summed E-state index contributed by atoms with van der Waals surface area (Å²) in [6.07, 6.45) is 0. The maximum Gasteiger partial charge on any atom is 0.163 e. The van der Waals surface area contributed by atoms with Gasteiger partial charge in [-0.15, -0.1) is 0 Å². The molecule has 0 aromatic heterocycles. The fourth-order valence-electron chi connectivity index (χ4n) is 2.48. The first-order valence-electron chi connectivity index (χ1n) is 6.79. The zero-order chi connectivity index (χ0) is 14.7. The second kappa shape index (κ2) is 6.14. The molecule has 0 fully saturated rings. The molecule has 0 aliphatic heterocycles. The van der Waals surface area contributed by atoms with Crippen molar-refractivity contribution in [1.82, 2.24) is 5.32 Å². The zero-order valence-electron chi connectivity index (χ0n) is 12.0. The van der Waals surface area contributed by atoms with E-state index in [4.69, 9.17) is 0 Å². The second-order valence-electron chi connectivity index (χ2n) is 4.99. The van der Waals surface area contributed by atoms with Crippen LogP contribution in [0.25, 0.3) is 0 Å². The van der Waals surface area contributed by atoms with Gasteiger partial charge in [-0.2, -0.15) is 0 Å². The van der Waals surface area contributed by atoms with Gasteiger partial charge in [0.15, 0.2) is 11.6 Å². The fourth-order valence-corrected chi connectivity index (χ4v) is 2.48. The van der Waals surface area contributed by atoms with Gasteiger partial charge >= 0.3 is 0 Å². The van der Waals surface area contributed by atoms with Crippen LogP contribution in [0.2, 0.25) is 0 Å². The number of hydrogen-bond donors (Lipinski definition) is 1. The summed E-state index contributed by atoms with van der Waals surface area (Å²) in [6.45, 7) is 6.63. The highest BCUT2D eigenvalue weighted by Crippen LogP contribution is 2.28. The van der Waals surface area contributed by atoms with Gasteiger partial charge in [0.05, 0.1) is 6.04 Å². The molecule has 2 aromatic rings. The highest BCUT2D eigenvalue weighted by Gasteiger charge is 2.20. The van der Waals surface area contributed by atoms with E-state index >= 15 is 0 Å². The van der Waals surface area contributed by atoms with Crippen molar-refractivity contribution in [3.8, 4) is 0 Å². The average molecular weight is 275 g/mol. The molecule has 1 nitrogen and oxygen atoms in total. The molecule has 0 saturated carbocycles. The summed E-state index contributed by atoms with van der Waals surface area (Å²) in [7, 11) is 0. The Labute approximate surface area is 118 Å². The molecule has 0 spiro atoms. The molecule has 3 heteroatoms. The Hall–Kier alpha value is -1.74. The van der Waals surface area contributed by atoms with Gasteiger partial charge < -0.3 is 5.32 Å². The first-order valence-corrected chi connectivity index (χ1v) is 6.79. The average Bonchev–Trinajstić information content (AvgIpc) is 2.40. The Morgan fingerprint density at radius 1 is 1.05 bits per heavy atom. The van der Waals surface area contributed by atoms with Gasteiger partial charge in [0, 0.05) is 5.56 Å². The molecule has 106 valence electrons. The second-order valence-corrected chi connectivity index (χ2v) is 4.99. The Balaban J connectivity index is 2.53. The molecule has 1 unspecified atom stereocenters. The largest absolute Gasteiger partial charge is 0.306 e. The van der Waals surface area contributed by atoms with Crippen molar-refractivity contribution in [1.29, 1.82) is 0 Å². The fraction of sp³-hybridized carbons (Fsp3) is 0.294. The number of nitrogens with one attached hydrogen (secondary N) is 1. The van der Waals surface area contributed by atoms with Gasteiger partial charge in [-0.3, -0.25) is 0 Å². The maximum absolute atomic E-state index is 14.1. The molecule has 2 aromatic carbocycles. The van der Waals surface area contributed by atoms with E-state index in [0.29, 0.717) is 12.1 Å². The van der Waals surface area contributed by atoms with Crippen LogP contribution < -0.4 is 5.32 Å². The maximum atomic E-state index is 14.1. The number of aryl methyl sites for hydroxylation is 2. The summed E-state index contributed by atoms with van der Waals surface area (Å²) in [5.41, 5.74) is 3.54. The third-order valence-electron chi connectivity index (χ3n) is 3.44. The Morgan fingerprint density at radius 3 is 2.45 bits per heavy atom. The van der Waals surface area contributed by atoms with Crippen LogP contribution in [0.15, 0.2) is 36.4 Å². The standard InChI is InChI=1S/C17H19F2N/c1-4-20-17(13-9-8-11(2)10-12(13)3)14-6-5-7-15(18)16(14)19/h5-10,17,20H,4H2,1-3H3. The predicted octanol–water partition coefficient (Wildman–Crippen LogP) is 4.28. The summed E-state index contributed by atoms with van der Waals surface area (Å²) >= 11 is 0. The van der Waals surface area contributed by atoms with Gasteiger partial charge in [-0.1, -0.05) is 42.8 Å². The van der Waals surface area contributed by atoms with Gasteiger partial charge in [0.25, 0.3) is 0 Å². The monoisotopic (exact) mass is 275 g/mol. The molecule has 0 aliphatic rings. The van der Waals surface area contributed by atoms with E-state index in [2.05, 4.69) is 11.4 Å². The van der Waals surface area contributed by atoms with Crippen molar-refractivity contribution in [3.63, 3.8) is 0 Å². The lowest BCUT2D eigenvalue weighted by atomic mass is 9.93. The SMILES string of the molecule is CCNC(c1ccc(C)cc1C)c1cccc(F)c1F. The normalized spacial score (nSPS) is 12.4. The van der Waals surface area contributed by atoms with Gasteiger partial charge in [0.1, 0.15) is 0 Å². The van der Waals surface area contributed by atoms with Crippen molar-refractivity contribution >= 4 is 0 Å². The van der Waals surface area contributed by atoms with Crippen molar-refractivity contribution in [3.05, 3.63) is 70.3 Å². The van der Waals surface area contributed by atoms with E-state index in [9.17, 15) is 8.78 Å². The number of benzene rings is 2. The molecule has 0 saturated heterocycles. The smallest absolute Gasteiger partial charge is 0.163 e. The molecule has 0 radical (unpaired) electrons. The topological polar surface area (TPSA) is 12.0 Å². The quantitative estimate of drug-likeness (QED) is 0.878. The summed E-state index contributed by atoms with van der Waals surface area (Å²) in [6, 6.07) is 10.00. The molecule has 20 heavy (non-hydrogen) atoms. The molecular formula is C17H19F2N. The van der Waals surface area contributed by atoms with Crippen molar-refractivity contribution in [2.75, 3.05) is 6.54 Å². The zero-order valence-corrected chi connectivity index (χ0v) is 12.0. The van der Waals surface area contributed by atoms with Crippen LogP contribution in [0.4, 0.5) is 8.78 Å². The number of halogens is 2.